The van der Waals surface area contributed by atoms with Gasteiger partial charge < -0.3 is 20.0 Å². The quantitative estimate of drug-likeness (QED) is 0.319. The fraction of sp³-hybridized carbons (Fsp3) is 0.148. The second-order valence-electron chi connectivity index (χ2n) is 8.33. The molecule has 1 aliphatic heterocycles. The Morgan fingerprint density at radius 1 is 1.00 bits per heavy atom. The summed E-state index contributed by atoms with van der Waals surface area (Å²) >= 11 is 5.64. The van der Waals surface area contributed by atoms with Gasteiger partial charge in [0.1, 0.15) is 29.2 Å². The molecule has 2 aromatic heterocycles. The maximum atomic E-state index is 13.4. The van der Waals surface area contributed by atoms with Gasteiger partial charge in [-0.15, -0.1) is 0 Å². The van der Waals surface area contributed by atoms with Crippen LogP contribution in [-0.2, 0) is 4.79 Å². The van der Waals surface area contributed by atoms with E-state index in [9.17, 15) is 13.6 Å². The van der Waals surface area contributed by atoms with Crippen molar-refractivity contribution in [1.29, 1.82) is 0 Å². The zero-order chi connectivity index (χ0) is 25.1. The number of benzene rings is 2. The highest BCUT2D eigenvalue weighted by Crippen LogP contribution is 2.40. The Kier molecular flexibility index (Phi) is 6.73. The van der Waals surface area contributed by atoms with Gasteiger partial charge in [0.15, 0.2) is 5.11 Å². The molecule has 3 heterocycles. The second kappa shape index (κ2) is 10.2. The van der Waals surface area contributed by atoms with Gasteiger partial charge in [-0.2, -0.15) is 0 Å². The lowest BCUT2D eigenvalue weighted by Crippen LogP contribution is -2.32. The minimum absolute atomic E-state index is 0.149. The maximum absolute atomic E-state index is 13.4. The zero-order valence-electron chi connectivity index (χ0n) is 19.0. The molecular formula is C27H22F2N4O2S. The lowest BCUT2D eigenvalue weighted by Gasteiger charge is -2.25. The van der Waals surface area contributed by atoms with Crippen molar-refractivity contribution in [2.24, 2.45) is 0 Å². The number of aromatic nitrogens is 1. The smallest absolute Gasteiger partial charge is 0.226 e. The normalized spacial score (nSPS) is 17.2. The van der Waals surface area contributed by atoms with E-state index < -0.39 is 0 Å². The number of nitrogens with zero attached hydrogens (tertiary/aromatic N) is 2. The molecule has 5 rings (SSSR count). The van der Waals surface area contributed by atoms with E-state index in [4.69, 9.17) is 16.6 Å². The van der Waals surface area contributed by atoms with Crippen molar-refractivity contribution in [3.63, 3.8) is 0 Å². The molecule has 2 aromatic carbocycles. The molecule has 2 N–H and O–H groups in total. The third-order valence-electron chi connectivity index (χ3n) is 5.95. The summed E-state index contributed by atoms with van der Waals surface area (Å²) in [5, 5.41) is 6.57. The summed E-state index contributed by atoms with van der Waals surface area (Å²) in [5.41, 5.74) is 2.04. The number of carbonyl (C=O) groups excluding carboxylic acids is 1. The molecule has 0 unspecified atom stereocenters. The molecule has 0 spiro atoms. The molecule has 0 bridgehead atoms. The highest BCUT2D eigenvalue weighted by molar-refractivity contribution is 7.80. The molecular weight excluding hydrogens is 482 g/mol. The summed E-state index contributed by atoms with van der Waals surface area (Å²) in [6.45, 7) is 0.319. The number of pyridine rings is 1. The molecule has 1 fully saturated rings. The van der Waals surface area contributed by atoms with Crippen LogP contribution in [-0.4, -0.2) is 27.4 Å². The van der Waals surface area contributed by atoms with Gasteiger partial charge >= 0.3 is 0 Å². The first-order chi connectivity index (χ1) is 17.5. The van der Waals surface area contributed by atoms with Crippen LogP contribution in [0.2, 0.25) is 0 Å². The fourth-order valence-electron chi connectivity index (χ4n) is 4.22. The van der Waals surface area contributed by atoms with E-state index in [0.29, 0.717) is 28.9 Å². The van der Waals surface area contributed by atoms with Gasteiger partial charge in [0, 0.05) is 30.4 Å². The number of anilines is 1. The summed E-state index contributed by atoms with van der Waals surface area (Å²) in [7, 11) is 0. The van der Waals surface area contributed by atoms with Crippen LogP contribution in [0.25, 0.3) is 11.3 Å². The molecule has 1 amide bonds. The number of carbonyl (C=O) groups is 1. The van der Waals surface area contributed by atoms with E-state index in [-0.39, 0.29) is 36.0 Å². The van der Waals surface area contributed by atoms with Crippen LogP contribution in [0.5, 0.6) is 0 Å². The highest BCUT2D eigenvalue weighted by Gasteiger charge is 2.41. The number of furan rings is 1. The first kappa shape index (κ1) is 23.6. The average molecular weight is 505 g/mol. The molecule has 36 heavy (non-hydrogen) atoms. The molecule has 1 aliphatic rings. The number of hydrogen-bond donors (Lipinski definition) is 2. The van der Waals surface area contributed by atoms with Crippen molar-refractivity contribution in [1.82, 2.24) is 15.2 Å². The number of thiocarbonyl (C=S) groups is 1. The van der Waals surface area contributed by atoms with Crippen molar-refractivity contribution in [3.05, 3.63) is 108 Å². The Labute approximate surface area is 212 Å². The van der Waals surface area contributed by atoms with Gasteiger partial charge in [0.2, 0.25) is 5.91 Å². The monoisotopic (exact) mass is 504 g/mol. The summed E-state index contributed by atoms with van der Waals surface area (Å²) in [5.74, 6) is 0.309. The van der Waals surface area contributed by atoms with Gasteiger partial charge in [-0.05, 0) is 85.0 Å². The lowest BCUT2D eigenvalue weighted by atomic mass is 10.0. The van der Waals surface area contributed by atoms with Crippen LogP contribution in [0.3, 0.4) is 0 Å². The van der Waals surface area contributed by atoms with Gasteiger partial charge in [0.25, 0.3) is 0 Å². The topological polar surface area (TPSA) is 70.4 Å². The van der Waals surface area contributed by atoms with E-state index in [0.717, 1.165) is 11.3 Å². The number of hydrogen-bond acceptors (Lipinski definition) is 4. The minimum atomic E-state index is -0.372. The van der Waals surface area contributed by atoms with Gasteiger partial charge in [-0.3, -0.25) is 9.78 Å². The van der Waals surface area contributed by atoms with Crippen LogP contribution >= 0.6 is 12.2 Å². The Balaban J connectivity index is 1.38. The molecule has 2 atom stereocenters. The minimum Gasteiger partial charge on any atom is -0.459 e. The molecule has 182 valence electrons. The number of halogens is 2. The van der Waals surface area contributed by atoms with Crippen LogP contribution in [0.4, 0.5) is 14.5 Å². The van der Waals surface area contributed by atoms with E-state index in [1.54, 1.807) is 18.3 Å². The van der Waals surface area contributed by atoms with Crippen molar-refractivity contribution >= 4 is 28.9 Å². The zero-order valence-corrected chi connectivity index (χ0v) is 19.8. The molecule has 9 heteroatoms. The van der Waals surface area contributed by atoms with Crippen LogP contribution in [0, 0.1) is 11.6 Å². The van der Waals surface area contributed by atoms with E-state index in [1.807, 2.05) is 35.2 Å². The summed E-state index contributed by atoms with van der Waals surface area (Å²) in [6, 6.07) is 20.3. The van der Waals surface area contributed by atoms with Crippen LogP contribution < -0.4 is 10.6 Å². The Morgan fingerprint density at radius 2 is 1.72 bits per heavy atom. The number of rotatable bonds is 7. The Hall–Kier alpha value is -4.11. The predicted molar refractivity (Wildman–Crippen MR) is 136 cm³/mol. The summed E-state index contributed by atoms with van der Waals surface area (Å²) in [6.07, 6.45) is 1.86. The summed E-state index contributed by atoms with van der Waals surface area (Å²) in [4.78, 5) is 19.0. The second-order valence-corrected chi connectivity index (χ2v) is 8.72. The molecule has 0 saturated carbocycles. The molecule has 6 nitrogen and oxygen atoms in total. The first-order valence-electron chi connectivity index (χ1n) is 11.4. The van der Waals surface area contributed by atoms with Gasteiger partial charge in [-0.25, -0.2) is 8.78 Å². The van der Waals surface area contributed by atoms with Gasteiger partial charge in [-0.1, -0.05) is 6.07 Å². The SMILES string of the molecule is O=C(CCN1C(=S)N[C@@H](c2ccccn2)[C@@H]1c1ccc(-c2ccc(F)cc2)o1)Nc1ccc(F)cc1. The molecule has 0 radical (unpaired) electrons. The largest absolute Gasteiger partial charge is 0.459 e. The van der Waals surface area contributed by atoms with E-state index >= 15 is 0 Å². The van der Waals surface area contributed by atoms with E-state index in [1.165, 1.54) is 36.4 Å². The highest BCUT2D eigenvalue weighted by atomic mass is 32.1. The van der Waals surface area contributed by atoms with Crippen molar-refractivity contribution in [3.8, 4) is 11.3 Å². The Morgan fingerprint density at radius 3 is 2.42 bits per heavy atom. The van der Waals surface area contributed by atoms with Crippen molar-refractivity contribution in [2.45, 2.75) is 18.5 Å². The number of amides is 1. The lowest BCUT2D eigenvalue weighted by molar-refractivity contribution is -0.116. The third-order valence-corrected chi connectivity index (χ3v) is 6.30. The van der Waals surface area contributed by atoms with Crippen LogP contribution in [0.15, 0.2) is 89.5 Å². The van der Waals surface area contributed by atoms with E-state index in [2.05, 4.69) is 15.6 Å². The molecule has 4 aromatic rings. The maximum Gasteiger partial charge on any atom is 0.226 e. The summed E-state index contributed by atoms with van der Waals surface area (Å²) < 4.78 is 32.7. The standard InChI is InChI=1S/C27H22F2N4O2S/c28-18-6-4-17(5-7-18)22-12-13-23(35-22)26-25(21-3-1-2-15-30-21)32-27(36)33(26)16-14-24(34)31-20-10-8-19(29)9-11-20/h1-13,15,25-26H,14,16H2,(H,31,34)(H,32,36)/t25-,26-/m0/s1. The van der Waals surface area contributed by atoms with Gasteiger partial charge in [0.05, 0.1) is 11.7 Å². The fourth-order valence-corrected chi connectivity index (χ4v) is 4.55. The molecule has 0 aliphatic carbocycles. The average Bonchev–Trinajstić information content (AvgIpc) is 3.50. The third kappa shape index (κ3) is 5.11. The number of nitrogens with one attached hydrogen (secondary N) is 2. The predicted octanol–water partition coefficient (Wildman–Crippen LogP) is 5.62. The van der Waals surface area contributed by atoms with Crippen molar-refractivity contribution in [2.75, 3.05) is 11.9 Å². The van der Waals surface area contributed by atoms with Crippen molar-refractivity contribution < 1.29 is 18.0 Å². The first-order valence-corrected chi connectivity index (χ1v) is 11.8. The Bertz CT molecular complexity index is 1360. The van der Waals surface area contributed by atoms with Crippen LogP contribution in [0.1, 0.15) is 30.0 Å². The molecule has 1 saturated heterocycles.